The number of nitrogens with one attached hydrogen (secondary N) is 3. The molecular weight excluding hydrogens is 518 g/mol. The Morgan fingerprint density at radius 1 is 1.08 bits per heavy atom. The highest BCUT2D eigenvalue weighted by atomic mass is 35.5. The van der Waals surface area contributed by atoms with Crippen molar-refractivity contribution >= 4 is 55.6 Å². The second-order valence-corrected chi connectivity index (χ2v) is 11.0. The smallest absolute Gasteiger partial charge is 0.229 e. The lowest BCUT2D eigenvalue weighted by molar-refractivity contribution is 0.142. The van der Waals surface area contributed by atoms with Crippen LogP contribution in [0.25, 0.3) is 11.0 Å². The van der Waals surface area contributed by atoms with E-state index in [2.05, 4.69) is 35.9 Å². The molecule has 3 heterocycles. The van der Waals surface area contributed by atoms with E-state index in [1.807, 2.05) is 12.1 Å². The van der Waals surface area contributed by atoms with Crippen LogP contribution in [0, 0.1) is 0 Å². The van der Waals surface area contributed by atoms with Gasteiger partial charge in [-0.1, -0.05) is 11.6 Å². The molecule has 11 nitrogen and oxygen atoms in total. The fraction of sp³-hybridized carbons (Fsp3) is 0.250. The Labute approximate surface area is 218 Å². The molecule has 0 spiro atoms. The Kier molecular flexibility index (Phi) is 6.96. The molecule has 0 radical (unpaired) electrons. The normalized spacial score (nSPS) is 13.7. The fourth-order valence-corrected chi connectivity index (χ4v) is 4.72. The maximum Gasteiger partial charge on any atom is 0.229 e. The summed E-state index contributed by atoms with van der Waals surface area (Å²) in [4.78, 5) is 17.4. The Bertz CT molecular complexity index is 1560. The minimum absolute atomic E-state index is 0.144. The monoisotopic (exact) mass is 541 g/mol. The lowest BCUT2D eigenvalue weighted by atomic mass is 10.1. The molecule has 4 aromatic rings. The largest absolute Gasteiger partial charge is 0.494 e. The van der Waals surface area contributed by atoms with Gasteiger partial charge in [0, 0.05) is 49.1 Å². The van der Waals surface area contributed by atoms with Crippen LogP contribution in [0.5, 0.6) is 11.5 Å². The highest BCUT2D eigenvalue weighted by Crippen LogP contribution is 2.34. The third-order valence-corrected chi connectivity index (χ3v) is 6.70. The van der Waals surface area contributed by atoms with Crippen molar-refractivity contribution in [1.82, 2.24) is 25.3 Å². The van der Waals surface area contributed by atoms with E-state index in [4.69, 9.17) is 21.1 Å². The zero-order valence-corrected chi connectivity index (χ0v) is 21.6. The van der Waals surface area contributed by atoms with Gasteiger partial charge in [-0.25, -0.2) is 13.4 Å². The SMILES string of the molecule is COc1cc(OC2CNC2)ccc1Nc1ncc(Cl)c(Nc2ccc3nccnc3c2CS(C)(=O)=O)n1. The first-order valence-corrected chi connectivity index (χ1v) is 13.8. The molecular formula is C24H24ClN7O4S. The molecule has 0 aliphatic carbocycles. The van der Waals surface area contributed by atoms with Gasteiger partial charge in [0.1, 0.15) is 22.6 Å². The zero-order valence-electron chi connectivity index (χ0n) is 20.0. The number of rotatable bonds is 9. The number of ether oxygens (including phenoxy) is 2. The summed E-state index contributed by atoms with van der Waals surface area (Å²) in [5.41, 5.74) is 2.65. The summed E-state index contributed by atoms with van der Waals surface area (Å²) >= 11 is 6.39. The standard InChI is InChI=1S/C24H24ClN7O4S/c1-35-21-9-14(36-15-10-26-11-15)3-4-19(21)31-24-29-12-17(25)23(32-24)30-18-5-6-20-22(28-8-7-27-20)16(18)13-37(2,33)34/h3-9,12,15,26H,10-11,13H2,1-2H3,(H2,29,30,31,32). The van der Waals surface area contributed by atoms with E-state index in [1.165, 1.54) is 18.6 Å². The summed E-state index contributed by atoms with van der Waals surface area (Å²) in [5.74, 6) is 1.56. The van der Waals surface area contributed by atoms with Gasteiger partial charge in [0.2, 0.25) is 5.95 Å². The van der Waals surface area contributed by atoms with Crippen molar-refractivity contribution < 1.29 is 17.9 Å². The van der Waals surface area contributed by atoms with Crippen molar-refractivity contribution in [2.24, 2.45) is 0 Å². The van der Waals surface area contributed by atoms with Crippen LogP contribution in [0.4, 0.5) is 23.1 Å². The molecule has 1 aliphatic heterocycles. The molecule has 2 aromatic heterocycles. The van der Waals surface area contributed by atoms with E-state index < -0.39 is 9.84 Å². The van der Waals surface area contributed by atoms with Gasteiger partial charge in [-0.3, -0.25) is 9.97 Å². The van der Waals surface area contributed by atoms with Gasteiger partial charge in [0.15, 0.2) is 15.7 Å². The molecule has 2 aromatic carbocycles. The van der Waals surface area contributed by atoms with E-state index in [-0.39, 0.29) is 28.6 Å². The van der Waals surface area contributed by atoms with Crippen LogP contribution >= 0.6 is 11.6 Å². The third-order valence-electron chi connectivity index (χ3n) is 5.62. The van der Waals surface area contributed by atoms with Crippen molar-refractivity contribution in [3.05, 3.63) is 59.5 Å². The topological polar surface area (TPSA) is 140 Å². The van der Waals surface area contributed by atoms with Crippen LogP contribution in [-0.4, -0.2) is 60.9 Å². The summed E-state index contributed by atoms with van der Waals surface area (Å²) in [6, 6.07) is 8.92. The number of fused-ring (bicyclic) bond motifs is 1. The van der Waals surface area contributed by atoms with Gasteiger partial charge in [-0.15, -0.1) is 0 Å². The highest BCUT2D eigenvalue weighted by Gasteiger charge is 2.20. The number of halogens is 1. The number of hydrogen-bond donors (Lipinski definition) is 3. The molecule has 0 amide bonds. The Balaban J connectivity index is 1.43. The van der Waals surface area contributed by atoms with Gasteiger partial charge >= 0.3 is 0 Å². The van der Waals surface area contributed by atoms with Crippen molar-refractivity contribution in [3.63, 3.8) is 0 Å². The molecule has 13 heteroatoms. The number of aromatic nitrogens is 4. The Hall–Kier alpha value is -3.74. The maximum atomic E-state index is 12.2. The minimum atomic E-state index is -3.37. The Morgan fingerprint density at radius 3 is 2.59 bits per heavy atom. The third kappa shape index (κ3) is 5.82. The minimum Gasteiger partial charge on any atom is -0.494 e. The van der Waals surface area contributed by atoms with Crippen LogP contribution < -0.4 is 25.4 Å². The molecule has 37 heavy (non-hydrogen) atoms. The Morgan fingerprint density at radius 2 is 1.86 bits per heavy atom. The van der Waals surface area contributed by atoms with Crippen molar-refractivity contribution in [2.75, 3.05) is 37.1 Å². The summed E-state index contributed by atoms with van der Waals surface area (Å²) in [5, 5.41) is 9.69. The van der Waals surface area contributed by atoms with Crippen molar-refractivity contribution in [1.29, 1.82) is 0 Å². The predicted octanol–water partition coefficient (Wildman–Crippen LogP) is 3.46. The quantitative estimate of drug-likeness (QED) is 0.287. The molecule has 1 aliphatic rings. The number of methoxy groups -OCH3 is 1. The van der Waals surface area contributed by atoms with Crippen LogP contribution in [0.3, 0.4) is 0 Å². The molecule has 0 unspecified atom stereocenters. The van der Waals surface area contributed by atoms with Crippen LogP contribution in [-0.2, 0) is 15.6 Å². The molecule has 192 valence electrons. The number of benzene rings is 2. The molecule has 0 bridgehead atoms. The molecule has 0 atom stereocenters. The van der Waals surface area contributed by atoms with Crippen LogP contribution in [0.1, 0.15) is 5.56 Å². The van der Waals surface area contributed by atoms with E-state index in [1.54, 1.807) is 31.5 Å². The predicted molar refractivity (Wildman–Crippen MR) is 142 cm³/mol. The molecule has 3 N–H and O–H groups in total. The summed E-state index contributed by atoms with van der Waals surface area (Å²) in [6.45, 7) is 1.62. The van der Waals surface area contributed by atoms with Gasteiger partial charge in [0.05, 0.1) is 35.8 Å². The number of sulfone groups is 1. The maximum absolute atomic E-state index is 12.2. The summed E-state index contributed by atoms with van der Waals surface area (Å²) in [6.07, 6.45) is 5.83. The number of hydrogen-bond acceptors (Lipinski definition) is 11. The molecule has 0 saturated carbocycles. The number of nitrogens with zero attached hydrogens (tertiary/aromatic N) is 4. The first-order chi connectivity index (χ1) is 17.8. The van der Waals surface area contributed by atoms with E-state index in [9.17, 15) is 8.42 Å². The van der Waals surface area contributed by atoms with Gasteiger partial charge < -0.3 is 25.4 Å². The second kappa shape index (κ2) is 10.3. The summed E-state index contributed by atoms with van der Waals surface area (Å²) < 4.78 is 35.8. The van der Waals surface area contributed by atoms with Gasteiger partial charge in [-0.2, -0.15) is 4.98 Å². The number of anilines is 4. The molecule has 1 saturated heterocycles. The van der Waals surface area contributed by atoms with Gasteiger partial charge in [0.25, 0.3) is 0 Å². The van der Waals surface area contributed by atoms with Crippen LogP contribution in [0.2, 0.25) is 5.02 Å². The van der Waals surface area contributed by atoms with Crippen LogP contribution in [0.15, 0.2) is 48.9 Å². The highest BCUT2D eigenvalue weighted by molar-refractivity contribution is 7.89. The zero-order chi connectivity index (χ0) is 26.0. The van der Waals surface area contributed by atoms with E-state index >= 15 is 0 Å². The molecule has 5 rings (SSSR count). The van der Waals surface area contributed by atoms with Crippen molar-refractivity contribution in [2.45, 2.75) is 11.9 Å². The van der Waals surface area contributed by atoms with E-state index in [0.717, 1.165) is 13.1 Å². The average molecular weight is 542 g/mol. The molecule has 1 fully saturated rings. The second-order valence-electron chi connectivity index (χ2n) is 8.49. The lowest BCUT2D eigenvalue weighted by Gasteiger charge is -2.28. The fourth-order valence-electron chi connectivity index (χ4n) is 3.77. The van der Waals surface area contributed by atoms with E-state index in [0.29, 0.717) is 39.5 Å². The average Bonchev–Trinajstić information content (AvgIpc) is 2.84. The van der Waals surface area contributed by atoms with Gasteiger partial charge in [-0.05, 0) is 24.3 Å². The lowest BCUT2D eigenvalue weighted by Crippen LogP contribution is -2.50. The first kappa shape index (κ1) is 24.9. The van der Waals surface area contributed by atoms with Crippen molar-refractivity contribution in [3.8, 4) is 11.5 Å². The summed E-state index contributed by atoms with van der Waals surface area (Å²) in [7, 11) is -1.81. The first-order valence-electron chi connectivity index (χ1n) is 11.3.